The first-order valence-corrected chi connectivity index (χ1v) is 5.82. The molecule has 0 aliphatic heterocycles. The molecule has 1 saturated carbocycles. The van der Waals surface area contributed by atoms with E-state index in [1.54, 1.807) is 0 Å². The fourth-order valence-corrected chi connectivity index (χ4v) is 2.06. The van der Waals surface area contributed by atoms with Crippen molar-refractivity contribution in [3.63, 3.8) is 0 Å². The minimum absolute atomic E-state index is 0.121. The van der Waals surface area contributed by atoms with E-state index in [2.05, 4.69) is 14.4 Å². The van der Waals surface area contributed by atoms with Gasteiger partial charge >= 0.3 is 10.4 Å². The lowest BCUT2D eigenvalue weighted by molar-refractivity contribution is 0.208. The van der Waals surface area contributed by atoms with Crippen molar-refractivity contribution in [2.45, 2.75) is 18.4 Å². The summed E-state index contributed by atoms with van der Waals surface area (Å²) in [6.07, 6.45) is 0.327. The van der Waals surface area contributed by atoms with Crippen molar-refractivity contribution in [2.24, 2.45) is 5.90 Å². The number of hydrogen-bond donors (Lipinski definition) is 1. The highest BCUT2D eigenvalue weighted by Gasteiger charge is 2.43. The Labute approximate surface area is 88.1 Å². The maximum absolute atomic E-state index is 10.9. The normalized spacial score (nSPS) is 25.1. The van der Waals surface area contributed by atoms with Crippen molar-refractivity contribution in [1.29, 1.82) is 0 Å². The van der Waals surface area contributed by atoms with Gasteiger partial charge in [-0.2, -0.15) is 18.6 Å². The van der Waals surface area contributed by atoms with Crippen LogP contribution >= 0.6 is 0 Å². The van der Waals surface area contributed by atoms with Crippen LogP contribution in [-0.2, 0) is 18.9 Å². The van der Waals surface area contributed by atoms with Crippen molar-refractivity contribution in [3.05, 3.63) is 35.9 Å². The van der Waals surface area contributed by atoms with Gasteiger partial charge in [0.15, 0.2) is 0 Å². The quantitative estimate of drug-likeness (QED) is 0.768. The molecule has 0 saturated heterocycles. The van der Waals surface area contributed by atoms with E-state index in [0.717, 1.165) is 5.56 Å². The second kappa shape index (κ2) is 3.90. The fourth-order valence-electron chi connectivity index (χ4n) is 1.50. The Morgan fingerprint density at radius 2 is 1.93 bits per heavy atom. The molecule has 6 heteroatoms. The molecule has 0 bridgehead atoms. The molecule has 1 fully saturated rings. The van der Waals surface area contributed by atoms with Gasteiger partial charge in [-0.15, -0.1) is 0 Å². The molecule has 0 aromatic heterocycles. The average molecular weight is 229 g/mol. The molecule has 15 heavy (non-hydrogen) atoms. The highest BCUT2D eigenvalue weighted by atomic mass is 32.3. The molecule has 82 valence electrons. The van der Waals surface area contributed by atoms with E-state index in [-0.39, 0.29) is 12.0 Å². The highest BCUT2D eigenvalue weighted by molar-refractivity contribution is 7.81. The summed E-state index contributed by atoms with van der Waals surface area (Å²) >= 11 is 0. The van der Waals surface area contributed by atoms with E-state index in [9.17, 15) is 8.42 Å². The minimum atomic E-state index is -4.02. The molecule has 2 N–H and O–H groups in total. The predicted octanol–water partition coefficient (Wildman–Crippen LogP) is 0.694. The van der Waals surface area contributed by atoms with Gasteiger partial charge in [0, 0.05) is 5.92 Å². The van der Waals surface area contributed by atoms with Gasteiger partial charge in [0.25, 0.3) is 0 Å². The largest absolute Gasteiger partial charge is 0.416 e. The third-order valence-corrected chi connectivity index (χ3v) is 3.04. The van der Waals surface area contributed by atoms with E-state index < -0.39 is 10.4 Å². The van der Waals surface area contributed by atoms with Crippen LogP contribution in [-0.4, -0.2) is 14.5 Å². The van der Waals surface area contributed by atoms with Gasteiger partial charge in [0.05, 0.1) is 6.10 Å². The summed E-state index contributed by atoms with van der Waals surface area (Å²) in [4.78, 5) is 0. The second-order valence-electron chi connectivity index (χ2n) is 3.39. The van der Waals surface area contributed by atoms with Crippen molar-refractivity contribution < 1.29 is 16.9 Å². The van der Waals surface area contributed by atoms with Gasteiger partial charge in [0.2, 0.25) is 0 Å². The van der Waals surface area contributed by atoms with Crippen LogP contribution in [0.3, 0.4) is 0 Å². The first-order valence-electron chi connectivity index (χ1n) is 4.49. The predicted molar refractivity (Wildman–Crippen MR) is 52.9 cm³/mol. The standard InChI is InChI=1S/C9H11NO4S/c10-14-15(11,12)13-9-6-8(9)7-4-2-1-3-5-7/h1-5,8-9H,6,10H2. The molecule has 1 aromatic rings. The zero-order valence-corrected chi connectivity index (χ0v) is 8.68. The van der Waals surface area contributed by atoms with E-state index in [1.165, 1.54) is 0 Å². The maximum atomic E-state index is 10.9. The van der Waals surface area contributed by atoms with E-state index in [1.807, 2.05) is 30.3 Å². The van der Waals surface area contributed by atoms with E-state index >= 15 is 0 Å². The molecule has 2 unspecified atom stereocenters. The molecular weight excluding hydrogens is 218 g/mol. The van der Waals surface area contributed by atoms with Crippen LogP contribution in [0.5, 0.6) is 0 Å². The van der Waals surface area contributed by atoms with Crippen molar-refractivity contribution in [2.75, 3.05) is 0 Å². The zero-order chi connectivity index (χ0) is 10.9. The van der Waals surface area contributed by atoms with Crippen LogP contribution in [0.4, 0.5) is 0 Å². The number of rotatable bonds is 4. The highest BCUT2D eigenvalue weighted by Crippen LogP contribution is 2.43. The molecule has 2 atom stereocenters. The van der Waals surface area contributed by atoms with Gasteiger partial charge in [-0.1, -0.05) is 30.3 Å². The fraction of sp³-hybridized carbons (Fsp3) is 0.333. The number of nitrogens with two attached hydrogens (primary N) is 1. The summed E-state index contributed by atoms with van der Waals surface area (Å²) in [6, 6.07) is 9.58. The van der Waals surface area contributed by atoms with Crippen LogP contribution in [0.2, 0.25) is 0 Å². The molecule has 0 amide bonds. The van der Waals surface area contributed by atoms with E-state index in [4.69, 9.17) is 0 Å². The summed E-state index contributed by atoms with van der Waals surface area (Å²) in [5.41, 5.74) is 1.06. The van der Waals surface area contributed by atoms with Crippen LogP contribution in [0, 0.1) is 0 Å². The molecule has 2 rings (SSSR count). The van der Waals surface area contributed by atoms with Crippen LogP contribution in [0.15, 0.2) is 30.3 Å². The zero-order valence-electron chi connectivity index (χ0n) is 7.87. The molecule has 5 nitrogen and oxygen atoms in total. The molecule has 0 radical (unpaired) electrons. The summed E-state index contributed by atoms with van der Waals surface area (Å²) in [7, 11) is -4.02. The van der Waals surface area contributed by atoms with E-state index in [0.29, 0.717) is 6.42 Å². The second-order valence-corrected chi connectivity index (χ2v) is 4.59. The van der Waals surface area contributed by atoms with Gasteiger partial charge in [-0.3, -0.25) is 0 Å². The van der Waals surface area contributed by atoms with Crippen LogP contribution in [0.1, 0.15) is 17.9 Å². The van der Waals surface area contributed by atoms with Gasteiger partial charge in [-0.05, 0) is 12.0 Å². The van der Waals surface area contributed by atoms with Crippen molar-refractivity contribution >= 4 is 10.4 Å². The molecule has 0 spiro atoms. The summed E-state index contributed by atoms with van der Waals surface area (Å²) in [6.45, 7) is 0. The monoisotopic (exact) mass is 229 g/mol. The lowest BCUT2D eigenvalue weighted by Gasteiger charge is -2.01. The van der Waals surface area contributed by atoms with Gasteiger partial charge in [0.1, 0.15) is 0 Å². The van der Waals surface area contributed by atoms with Crippen molar-refractivity contribution in [1.82, 2.24) is 0 Å². The summed E-state index contributed by atoms with van der Waals surface area (Å²) in [5.74, 6) is 4.67. The number of hydrogen-bond acceptors (Lipinski definition) is 5. The van der Waals surface area contributed by atoms with Crippen LogP contribution < -0.4 is 5.90 Å². The summed E-state index contributed by atoms with van der Waals surface area (Å²) < 4.78 is 30.1. The first kappa shape index (κ1) is 10.6. The average Bonchev–Trinajstić information content (AvgIpc) is 2.98. The third-order valence-electron chi connectivity index (χ3n) is 2.32. The molecule has 1 aliphatic carbocycles. The van der Waals surface area contributed by atoms with Gasteiger partial charge in [-0.25, -0.2) is 4.18 Å². The minimum Gasteiger partial charge on any atom is -0.243 e. The van der Waals surface area contributed by atoms with Gasteiger partial charge < -0.3 is 0 Å². The smallest absolute Gasteiger partial charge is 0.243 e. The Bertz CT molecular complexity index is 431. The Kier molecular flexibility index (Phi) is 2.74. The van der Waals surface area contributed by atoms with Crippen LogP contribution in [0.25, 0.3) is 0 Å². The number of benzene rings is 1. The lowest BCUT2D eigenvalue weighted by atomic mass is 10.1. The Morgan fingerprint density at radius 1 is 1.27 bits per heavy atom. The Hall–Kier alpha value is -0.950. The molecule has 1 aromatic carbocycles. The molecule has 1 aliphatic rings. The topological polar surface area (TPSA) is 78.6 Å². The first-order chi connectivity index (χ1) is 7.12. The Morgan fingerprint density at radius 3 is 2.53 bits per heavy atom. The maximum Gasteiger partial charge on any atom is 0.416 e. The molecular formula is C9H11NO4S. The third kappa shape index (κ3) is 2.54. The SMILES string of the molecule is NOS(=O)(=O)OC1CC1c1ccccc1. The summed E-state index contributed by atoms with van der Waals surface area (Å²) in [5, 5.41) is 0. The molecule has 0 heterocycles. The lowest BCUT2D eigenvalue weighted by Crippen LogP contribution is -2.15. The Balaban J connectivity index is 1.98. The van der Waals surface area contributed by atoms with Crippen molar-refractivity contribution in [3.8, 4) is 0 Å².